The molecule has 112 heavy (non-hydrogen) atoms. The second kappa shape index (κ2) is 49.6. The molecule has 0 aliphatic heterocycles. The molecule has 0 saturated heterocycles. The Morgan fingerprint density at radius 1 is 0.232 bits per heavy atom. The molecule has 0 radical (unpaired) electrons. The van der Waals surface area contributed by atoms with Gasteiger partial charge in [0, 0.05) is 51.4 Å². The number of rotatable bonds is 58. The van der Waals surface area contributed by atoms with Crippen molar-refractivity contribution < 1.29 is 186 Å². The molecule has 52 nitrogen and oxygen atoms in total. The second-order valence-corrected chi connectivity index (χ2v) is 24.3. The van der Waals surface area contributed by atoms with E-state index in [2.05, 4.69) is 0 Å². The quantitative estimate of drug-likeness (QED) is 0.0269. The lowest BCUT2D eigenvalue weighted by Crippen LogP contribution is -2.62. The number of amides is 13. The number of carboxylic acid groups (broad SMARTS) is 12. The Labute approximate surface area is 628 Å². The topological polar surface area (TPSA) is 886 Å². The van der Waals surface area contributed by atoms with Crippen molar-refractivity contribution in [1.29, 1.82) is 0 Å². The van der Waals surface area contributed by atoms with E-state index in [0.717, 1.165) is 6.92 Å². The zero-order valence-corrected chi connectivity index (χ0v) is 58.9. The molecule has 0 bridgehead atoms. The number of nitrogens with two attached hydrogens (primary N) is 2. The SMILES string of the molecule is C[C@@H](O)[C@H](NC(=O)[C@H](CC(=O)O)NC(=O)[C@@H](N)CCC(=O)O)C(=O)N[C@@H](CCC(=O)O)C(=O)N[C@@H](CCC(=O)O)C(=O)N[C@@H](CCC(=O)O)C(=O)N[C@@H](CCC(=O)O)C(=O)N[C@@H](CCC(=O)O)C(=O)N[C@@H](CC(=O)O)C(=O)N[C@@H](CCC(=O)O)C(=O)N[C@@H](CC(=O)O)C(=O)N[C@@H](CCC(N)=O)C(=O)N[C@@H](CC(=O)O)C(=O)O. The van der Waals surface area contributed by atoms with E-state index in [1.165, 1.54) is 0 Å². The van der Waals surface area contributed by atoms with Gasteiger partial charge in [-0.05, 0) is 58.3 Å². The third-order valence-corrected chi connectivity index (χ3v) is 15.1. The number of nitrogens with one attached hydrogen (secondary N) is 12. The minimum Gasteiger partial charge on any atom is -0.481 e. The third kappa shape index (κ3) is 41.1. The maximum Gasteiger partial charge on any atom is 0.326 e. The van der Waals surface area contributed by atoms with E-state index in [-0.39, 0.29) is 0 Å². The summed E-state index contributed by atoms with van der Waals surface area (Å²) >= 11 is 0. The van der Waals surface area contributed by atoms with Gasteiger partial charge in [0.25, 0.3) is 0 Å². The summed E-state index contributed by atoms with van der Waals surface area (Å²) in [5, 5.41) is 147. The van der Waals surface area contributed by atoms with Crippen molar-refractivity contribution in [2.45, 2.75) is 220 Å². The highest BCUT2D eigenvalue weighted by Crippen LogP contribution is 2.13. The predicted molar refractivity (Wildman–Crippen MR) is 356 cm³/mol. The lowest BCUT2D eigenvalue weighted by Gasteiger charge is -2.28. The van der Waals surface area contributed by atoms with Crippen molar-refractivity contribution in [3.63, 3.8) is 0 Å². The first-order valence-electron chi connectivity index (χ1n) is 32.9. The number of aliphatic hydroxyl groups excluding tert-OH is 1. The number of aliphatic hydroxyl groups is 1. The van der Waals surface area contributed by atoms with Gasteiger partial charge in [-0.2, -0.15) is 0 Å². The molecule has 52 heteroatoms. The molecule has 0 heterocycles. The van der Waals surface area contributed by atoms with Crippen LogP contribution >= 0.6 is 0 Å². The van der Waals surface area contributed by atoms with Gasteiger partial charge < -0.3 is 142 Å². The molecule has 13 amide bonds. The van der Waals surface area contributed by atoms with Gasteiger partial charge in [-0.1, -0.05) is 0 Å². The third-order valence-electron chi connectivity index (χ3n) is 15.1. The monoisotopic (exact) mass is 1610 g/mol. The molecule has 0 spiro atoms. The van der Waals surface area contributed by atoms with Crippen LogP contribution in [-0.4, -0.2) is 299 Å². The van der Waals surface area contributed by atoms with Gasteiger partial charge in [0.15, 0.2) is 0 Å². The van der Waals surface area contributed by atoms with E-state index < -0.39 is 361 Å². The number of hydrogen-bond donors (Lipinski definition) is 27. The highest BCUT2D eigenvalue weighted by atomic mass is 16.4. The van der Waals surface area contributed by atoms with Gasteiger partial charge in [0.1, 0.15) is 72.5 Å². The lowest BCUT2D eigenvalue weighted by molar-refractivity contribution is -0.147. The van der Waals surface area contributed by atoms with Crippen LogP contribution in [0.4, 0.5) is 0 Å². The Balaban J connectivity index is 7.47. The molecule has 0 rings (SSSR count). The highest BCUT2D eigenvalue weighted by molar-refractivity contribution is 6.02. The maximum absolute atomic E-state index is 14.2. The molecule has 0 unspecified atom stereocenters. The summed E-state index contributed by atoms with van der Waals surface area (Å²) in [7, 11) is 0. The van der Waals surface area contributed by atoms with Crippen molar-refractivity contribution >= 4 is 148 Å². The number of primary amides is 1. The molecule has 0 fully saturated rings. The standard InChI is InChI=1S/C60H86N14O38/c1-22(75)47(74-58(109)33(20-45(95)96)70-48(99)23(61)2-11-36(77)78)59(110)69-30(9-17-42(89)90)52(103)65-27(6-14-39(83)84)50(101)63-25(4-12-37(79)80)49(100)64-26(5-13-38(81)82)51(102)66-28(7-15-40(85)86)53(104)71-32(19-44(93)94)57(108)68-29(8-16-41(87)88)54(105)72-31(18-43(91)92)56(107)67-24(3-10-35(62)76)55(106)73-34(60(111)112)21-46(97)98/h22-34,47,75H,2-21,61H2,1H3,(H2,62,76)(H,63,101)(H,64,100)(H,65,103)(H,66,102)(H,67,107)(H,68,108)(H,69,110)(H,70,99)(H,71,104)(H,72,105)(H,73,106)(H,74,109)(H,77,78)(H,79,80)(H,81,82)(H,83,84)(H,85,86)(H,87,88)(H,89,90)(H,91,92)(H,93,94)(H,95,96)(H,97,98)(H,111,112)/t22-,23+,24+,25+,26+,27+,28+,29+,30+,31+,32+,33+,34+,47+/m1/s1. The van der Waals surface area contributed by atoms with Crippen LogP contribution in [0.3, 0.4) is 0 Å². The Morgan fingerprint density at radius 2 is 0.411 bits per heavy atom. The van der Waals surface area contributed by atoms with Crippen LogP contribution in [0.1, 0.15) is 135 Å². The van der Waals surface area contributed by atoms with Crippen LogP contribution in [0, 0.1) is 0 Å². The first-order chi connectivity index (χ1) is 51.9. The molecule has 0 saturated carbocycles. The van der Waals surface area contributed by atoms with Crippen molar-refractivity contribution in [3.8, 4) is 0 Å². The smallest absolute Gasteiger partial charge is 0.326 e. The first-order valence-corrected chi connectivity index (χ1v) is 32.9. The fourth-order valence-corrected chi connectivity index (χ4v) is 9.36. The Morgan fingerprint density at radius 3 is 0.625 bits per heavy atom. The lowest BCUT2D eigenvalue weighted by atomic mass is 10.0. The zero-order valence-electron chi connectivity index (χ0n) is 58.9. The normalized spacial score (nSPS) is 14.5. The molecular formula is C60H86N14O38. The molecule has 624 valence electrons. The highest BCUT2D eigenvalue weighted by Gasteiger charge is 2.40. The van der Waals surface area contributed by atoms with Crippen LogP contribution in [0.15, 0.2) is 0 Å². The summed E-state index contributed by atoms with van der Waals surface area (Å²) in [5.74, 6) is -41.3. The maximum atomic E-state index is 14.2. The van der Waals surface area contributed by atoms with Crippen LogP contribution in [0.25, 0.3) is 0 Å². The van der Waals surface area contributed by atoms with Gasteiger partial charge in [0.2, 0.25) is 76.8 Å². The van der Waals surface area contributed by atoms with E-state index >= 15 is 0 Å². The van der Waals surface area contributed by atoms with E-state index in [9.17, 15) is 176 Å². The van der Waals surface area contributed by atoms with Crippen molar-refractivity contribution in [1.82, 2.24) is 63.8 Å². The average molecular weight is 1610 g/mol. The van der Waals surface area contributed by atoms with Crippen molar-refractivity contribution in [2.75, 3.05) is 0 Å². The van der Waals surface area contributed by atoms with Gasteiger partial charge >= 0.3 is 71.6 Å². The first kappa shape index (κ1) is 98.7. The zero-order chi connectivity index (χ0) is 86.1. The average Bonchev–Trinajstić information content (AvgIpc) is 0.856. The molecule has 0 aromatic heterocycles. The minimum atomic E-state index is -2.50. The number of carbonyl (C=O) groups is 25. The molecule has 0 aliphatic rings. The van der Waals surface area contributed by atoms with Gasteiger partial charge in [0.05, 0.1) is 37.8 Å². The fourth-order valence-electron chi connectivity index (χ4n) is 9.36. The molecular weight excluding hydrogens is 1520 g/mol. The molecule has 0 aromatic rings. The predicted octanol–water partition coefficient (Wildman–Crippen LogP) is -11.2. The summed E-state index contributed by atoms with van der Waals surface area (Å²) in [6, 6.07) is -28.7. The molecule has 29 N–H and O–H groups in total. The number of carboxylic acids is 12. The number of aliphatic carboxylic acids is 12. The van der Waals surface area contributed by atoms with Crippen molar-refractivity contribution in [3.05, 3.63) is 0 Å². The Hall–Kier alpha value is -13.3. The van der Waals surface area contributed by atoms with E-state index in [1.54, 1.807) is 5.32 Å². The molecule has 0 aliphatic carbocycles. The Bertz CT molecular complexity index is 3550. The summed E-state index contributed by atoms with van der Waals surface area (Å²) in [6.45, 7) is 0.854. The summed E-state index contributed by atoms with van der Waals surface area (Å²) in [4.78, 5) is 317. The summed E-state index contributed by atoms with van der Waals surface area (Å²) < 4.78 is 0. The minimum absolute atomic E-state index is 0.517. The van der Waals surface area contributed by atoms with E-state index in [0.29, 0.717) is 0 Å². The van der Waals surface area contributed by atoms with Gasteiger partial charge in [-0.15, -0.1) is 0 Å². The van der Waals surface area contributed by atoms with Crippen LogP contribution < -0.4 is 75.3 Å². The van der Waals surface area contributed by atoms with Crippen LogP contribution in [0.5, 0.6) is 0 Å². The number of carbonyl (C=O) groups excluding carboxylic acids is 13. The van der Waals surface area contributed by atoms with Gasteiger partial charge in [-0.25, -0.2) is 4.79 Å². The molecule has 0 aromatic carbocycles. The van der Waals surface area contributed by atoms with E-state index in [4.69, 9.17) is 21.7 Å². The van der Waals surface area contributed by atoms with Gasteiger partial charge in [-0.3, -0.25) is 115 Å². The summed E-state index contributed by atoms with van der Waals surface area (Å²) in [5.41, 5.74) is 10.8. The number of hydrogen-bond acceptors (Lipinski definition) is 27. The van der Waals surface area contributed by atoms with E-state index in [1.807, 2.05) is 58.5 Å². The van der Waals surface area contributed by atoms with Crippen molar-refractivity contribution in [2.24, 2.45) is 11.5 Å². The largest absolute Gasteiger partial charge is 0.481 e. The summed E-state index contributed by atoms with van der Waals surface area (Å²) in [6.07, 6.45) is -22.8. The fraction of sp³-hybridized carbons (Fsp3) is 0.583. The second-order valence-electron chi connectivity index (χ2n) is 24.3. The molecule has 14 atom stereocenters. The van der Waals surface area contributed by atoms with Crippen LogP contribution in [0.2, 0.25) is 0 Å². The van der Waals surface area contributed by atoms with Crippen LogP contribution in [-0.2, 0) is 120 Å². The Kier molecular flexibility index (Phi) is 43.7.